The summed E-state index contributed by atoms with van der Waals surface area (Å²) < 4.78 is 7.44. The standard InChI is InChI=1S/C13H15BrN4O2/c1-8-6-10(16-20-8)11-4-3-5-18(11)13(19)12-9(14)7-15-17(12)2/h6-7,11H,3-5H2,1-2H3/t11-/m0/s1. The molecule has 6 nitrogen and oxygen atoms in total. The molecule has 0 spiro atoms. The third-order valence-corrected chi connectivity index (χ3v) is 4.18. The van der Waals surface area contributed by atoms with Crippen molar-refractivity contribution in [3.8, 4) is 0 Å². The number of aryl methyl sites for hydroxylation is 2. The molecule has 3 rings (SSSR count). The minimum Gasteiger partial charge on any atom is -0.361 e. The quantitative estimate of drug-likeness (QED) is 0.843. The van der Waals surface area contributed by atoms with Crippen LogP contribution in [0, 0.1) is 6.92 Å². The Hall–Kier alpha value is -1.63. The van der Waals surface area contributed by atoms with Gasteiger partial charge in [0.15, 0.2) is 0 Å². The number of amides is 1. The van der Waals surface area contributed by atoms with E-state index >= 15 is 0 Å². The van der Waals surface area contributed by atoms with E-state index in [1.165, 1.54) is 0 Å². The number of rotatable bonds is 2. The molecule has 0 bridgehead atoms. The minimum absolute atomic E-state index is 0.0123. The van der Waals surface area contributed by atoms with E-state index in [2.05, 4.69) is 26.2 Å². The molecule has 20 heavy (non-hydrogen) atoms. The molecule has 0 saturated carbocycles. The predicted molar refractivity (Wildman–Crippen MR) is 75.2 cm³/mol. The Morgan fingerprint density at radius 2 is 2.35 bits per heavy atom. The van der Waals surface area contributed by atoms with E-state index < -0.39 is 0 Å². The molecule has 7 heteroatoms. The molecule has 1 atom stereocenters. The lowest BCUT2D eigenvalue weighted by Gasteiger charge is -2.23. The molecular weight excluding hydrogens is 324 g/mol. The van der Waals surface area contributed by atoms with Crippen LogP contribution in [0.5, 0.6) is 0 Å². The van der Waals surface area contributed by atoms with Crippen molar-refractivity contribution in [1.82, 2.24) is 19.8 Å². The second-order valence-electron chi connectivity index (χ2n) is 4.98. The molecule has 1 fully saturated rings. The van der Waals surface area contributed by atoms with Gasteiger partial charge in [0.2, 0.25) is 0 Å². The number of hydrogen-bond acceptors (Lipinski definition) is 4. The molecule has 0 radical (unpaired) electrons. The van der Waals surface area contributed by atoms with Crippen LogP contribution < -0.4 is 0 Å². The van der Waals surface area contributed by atoms with Gasteiger partial charge in [-0.25, -0.2) is 0 Å². The monoisotopic (exact) mass is 338 g/mol. The van der Waals surface area contributed by atoms with Crippen molar-refractivity contribution in [3.63, 3.8) is 0 Å². The number of likely N-dealkylation sites (tertiary alicyclic amines) is 1. The van der Waals surface area contributed by atoms with Crippen molar-refractivity contribution in [3.05, 3.63) is 33.9 Å². The molecule has 1 aliphatic rings. The summed E-state index contributed by atoms with van der Waals surface area (Å²) in [6.07, 6.45) is 3.52. The van der Waals surface area contributed by atoms with Gasteiger partial charge in [-0.05, 0) is 35.7 Å². The SMILES string of the molecule is Cc1cc([C@@H]2CCCN2C(=O)c2c(Br)cnn2C)no1. The smallest absolute Gasteiger partial charge is 0.273 e. The van der Waals surface area contributed by atoms with Gasteiger partial charge in [0.1, 0.15) is 17.1 Å². The van der Waals surface area contributed by atoms with Crippen LogP contribution in [-0.4, -0.2) is 32.3 Å². The van der Waals surface area contributed by atoms with Gasteiger partial charge in [-0.3, -0.25) is 9.48 Å². The van der Waals surface area contributed by atoms with Crippen LogP contribution in [0.1, 0.15) is 40.8 Å². The van der Waals surface area contributed by atoms with Crippen LogP contribution in [0.3, 0.4) is 0 Å². The highest BCUT2D eigenvalue weighted by atomic mass is 79.9. The molecule has 2 aromatic rings. The van der Waals surface area contributed by atoms with Crippen LogP contribution in [0.4, 0.5) is 0 Å². The summed E-state index contributed by atoms with van der Waals surface area (Å²) in [7, 11) is 1.77. The van der Waals surface area contributed by atoms with Crippen molar-refractivity contribution in [2.75, 3.05) is 6.54 Å². The number of halogens is 1. The Kier molecular flexibility index (Phi) is 3.37. The van der Waals surface area contributed by atoms with Crippen molar-refractivity contribution < 1.29 is 9.32 Å². The fourth-order valence-corrected chi connectivity index (χ4v) is 3.17. The summed E-state index contributed by atoms with van der Waals surface area (Å²) in [6, 6.07) is 1.89. The number of aromatic nitrogens is 3. The number of carbonyl (C=O) groups is 1. The minimum atomic E-state index is -0.0278. The summed E-state index contributed by atoms with van der Waals surface area (Å²) in [5.41, 5.74) is 1.39. The van der Waals surface area contributed by atoms with Crippen LogP contribution in [0.2, 0.25) is 0 Å². The van der Waals surface area contributed by atoms with Crippen molar-refractivity contribution in [1.29, 1.82) is 0 Å². The maximum atomic E-state index is 12.7. The average Bonchev–Trinajstić information content (AvgIpc) is 3.09. The van der Waals surface area contributed by atoms with Gasteiger partial charge in [-0.2, -0.15) is 5.10 Å². The molecule has 2 aromatic heterocycles. The first-order chi connectivity index (χ1) is 9.58. The summed E-state index contributed by atoms with van der Waals surface area (Å²) in [6.45, 7) is 2.59. The summed E-state index contributed by atoms with van der Waals surface area (Å²) in [5.74, 6) is 0.737. The summed E-state index contributed by atoms with van der Waals surface area (Å²) in [5, 5.41) is 8.15. The molecule has 1 saturated heterocycles. The van der Waals surface area contributed by atoms with Gasteiger partial charge >= 0.3 is 0 Å². The second kappa shape index (κ2) is 5.05. The van der Waals surface area contributed by atoms with Crippen molar-refractivity contribution >= 4 is 21.8 Å². The molecular formula is C13H15BrN4O2. The van der Waals surface area contributed by atoms with Gasteiger partial charge in [-0.15, -0.1) is 0 Å². The van der Waals surface area contributed by atoms with Gasteiger partial charge in [0, 0.05) is 19.7 Å². The maximum Gasteiger partial charge on any atom is 0.273 e. The molecule has 106 valence electrons. The second-order valence-corrected chi connectivity index (χ2v) is 5.84. The van der Waals surface area contributed by atoms with Gasteiger partial charge in [0.05, 0.1) is 16.7 Å². The average molecular weight is 339 g/mol. The normalized spacial score (nSPS) is 18.8. The molecule has 3 heterocycles. The zero-order chi connectivity index (χ0) is 14.3. The highest BCUT2D eigenvalue weighted by Crippen LogP contribution is 2.33. The van der Waals surface area contributed by atoms with E-state index in [0.717, 1.165) is 30.8 Å². The molecule has 1 amide bonds. The van der Waals surface area contributed by atoms with Gasteiger partial charge in [-0.1, -0.05) is 5.16 Å². The fraction of sp³-hybridized carbons (Fsp3) is 0.462. The Bertz CT molecular complexity index is 629. The fourth-order valence-electron chi connectivity index (χ4n) is 2.65. The van der Waals surface area contributed by atoms with Gasteiger partial charge in [0.25, 0.3) is 5.91 Å². The van der Waals surface area contributed by atoms with E-state index in [9.17, 15) is 4.79 Å². The third-order valence-electron chi connectivity index (χ3n) is 3.60. The number of nitrogens with zero attached hydrogens (tertiary/aromatic N) is 4. The Morgan fingerprint density at radius 1 is 1.55 bits per heavy atom. The van der Waals surface area contributed by atoms with E-state index in [-0.39, 0.29) is 11.9 Å². The van der Waals surface area contributed by atoms with E-state index in [0.29, 0.717) is 10.2 Å². The first-order valence-electron chi connectivity index (χ1n) is 6.49. The van der Waals surface area contributed by atoms with Crippen LogP contribution in [-0.2, 0) is 7.05 Å². The number of hydrogen-bond donors (Lipinski definition) is 0. The molecule has 0 aromatic carbocycles. The van der Waals surface area contributed by atoms with Crippen molar-refractivity contribution in [2.24, 2.45) is 7.05 Å². The molecule has 0 N–H and O–H groups in total. The third kappa shape index (κ3) is 2.15. The Morgan fingerprint density at radius 3 is 2.95 bits per heavy atom. The number of carbonyl (C=O) groups excluding carboxylic acids is 1. The molecule has 0 aliphatic carbocycles. The summed E-state index contributed by atoms with van der Waals surface area (Å²) in [4.78, 5) is 14.6. The lowest BCUT2D eigenvalue weighted by Crippen LogP contribution is -2.32. The zero-order valence-corrected chi connectivity index (χ0v) is 12.9. The van der Waals surface area contributed by atoms with Crippen LogP contribution in [0.25, 0.3) is 0 Å². The molecule has 0 unspecified atom stereocenters. The molecule has 1 aliphatic heterocycles. The highest BCUT2D eigenvalue weighted by Gasteiger charge is 2.34. The Labute approximate surface area is 124 Å². The summed E-state index contributed by atoms with van der Waals surface area (Å²) >= 11 is 3.38. The zero-order valence-electron chi connectivity index (χ0n) is 11.3. The van der Waals surface area contributed by atoms with Crippen molar-refractivity contribution in [2.45, 2.75) is 25.8 Å². The highest BCUT2D eigenvalue weighted by molar-refractivity contribution is 9.10. The van der Waals surface area contributed by atoms with Gasteiger partial charge < -0.3 is 9.42 Å². The van der Waals surface area contributed by atoms with E-state index in [4.69, 9.17) is 4.52 Å². The largest absolute Gasteiger partial charge is 0.361 e. The lowest BCUT2D eigenvalue weighted by atomic mass is 10.1. The van der Waals surface area contributed by atoms with Crippen LogP contribution in [0.15, 0.2) is 21.3 Å². The predicted octanol–water partition coefficient (Wildman–Crippen LogP) is 2.46. The van der Waals surface area contributed by atoms with E-state index in [1.807, 2.05) is 17.9 Å². The lowest BCUT2D eigenvalue weighted by molar-refractivity contribution is 0.0718. The topological polar surface area (TPSA) is 64.2 Å². The first-order valence-corrected chi connectivity index (χ1v) is 7.29. The van der Waals surface area contributed by atoms with E-state index in [1.54, 1.807) is 17.9 Å². The Balaban J connectivity index is 1.91. The first kappa shape index (κ1) is 13.4. The van der Waals surface area contributed by atoms with Crippen LogP contribution >= 0.6 is 15.9 Å². The maximum absolute atomic E-state index is 12.7.